The summed E-state index contributed by atoms with van der Waals surface area (Å²) in [5.41, 5.74) is 7.81. The minimum absolute atomic E-state index is 0.0557. The molecule has 0 aromatic heterocycles. The lowest BCUT2D eigenvalue weighted by Gasteiger charge is -2.37. The van der Waals surface area contributed by atoms with Gasteiger partial charge >= 0.3 is 0 Å². The van der Waals surface area contributed by atoms with Crippen molar-refractivity contribution in [1.29, 1.82) is 0 Å². The highest BCUT2D eigenvalue weighted by atomic mass is 32.1. The van der Waals surface area contributed by atoms with Gasteiger partial charge in [0, 0.05) is 24.7 Å². The highest BCUT2D eigenvalue weighted by molar-refractivity contribution is 7.80. The largest absolute Gasteiger partial charge is 0.394 e. The molecule has 1 fully saturated rings. The van der Waals surface area contributed by atoms with E-state index in [1.807, 2.05) is 24.3 Å². The molecule has 1 aliphatic rings. The molecule has 3 N–H and O–H groups in total. The molecule has 5 heteroatoms. The van der Waals surface area contributed by atoms with Crippen LogP contribution in [0.2, 0.25) is 0 Å². The van der Waals surface area contributed by atoms with Crippen LogP contribution in [0.1, 0.15) is 18.1 Å². The molecule has 1 aliphatic heterocycles. The smallest absolute Gasteiger partial charge is 0.104 e. The lowest BCUT2D eigenvalue weighted by atomic mass is 10.1. The first-order valence-corrected chi connectivity index (χ1v) is 6.87. The van der Waals surface area contributed by atoms with Gasteiger partial charge in [0.15, 0.2) is 0 Å². The normalized spacial score (nSPS) is 24.3. The molecular formula is C14H20N2O2S. The standard InChI is InChI=1S/C14H20N2O2S/c1-10-9-18-12(8-17)7-16(10)6-11-4-2-3-5-13(11)14(15)19/h2-5,10,12,17H,6-9H2,1H3,(H2,15,19). The summed E-state index contributed by atoms with van der Waals surface area (Å²) in [5, 5.41) is 9.21. The molecule has 1 aromatic carbocycles. The maximum absolute atomic E-state index is 9.21. The first kappa shape index (κ1) is 14.4. The Labute approximate surface area is 119 Å². The highest BCUT2D eigenvalue weighted by Crippen LogP contribution is 2.18. The van der Waals surface area contributed by atoms with Gasteiger partial charge in [-0.1, -0.05) is 36.5 Å². The Hall–Kier alpha value is -1.01. The van der Waals surface area contributed by atoms with Gasteiger partial charge < -0.3 is 15.6 Å². The van der Waals surface area contributed by atoms with E-state index >= 15 is 0 Å². The number of rotatable bonds is 4. The van der Waals surface area contributed by atoms with Crippen molar-refractivity contribution < 1.29 is 9.84 Å². The molecule has 0 spiro atoms. The van der Waals surface area contributed by atoms with Crippen LogP contribution >= 0.6 is 12.2 Å². The zero-order valence-corrected chi connectivity index (χ0v) is 11.9. The summed E-state index contributed by atoms with van der Waals surface area (Å²) in [6, 6.07) is 8.25. The fourth-order valence-corrected chi connectivity index (χ4v) is 2.52. The molecule has 2 atom stereocenters. The average molecular weight is 280 g/mol. The van der Waals surface area contributed by atoms with Crippen LogP contribution in [-0.2, 0) is 11.3 Å². The predicted molar refractivity (Wildman–Crippen MR) is 79.0 cm³/mol. The molecule has 0 radical (unpaired) electrons. The lowest BCUT2D eigenvalue weighted by Crippen LogP contribution is -2.49. The number of aliphatic hydroxyl groups excluding tert-OH is 1. The fraction of sp³-hybridized carbons (Fsp3) is 0.500. The molecule has 0 aliphatic carbocycles. The van der Waals surface area contributed by atoms with Crippen molar-refractivity contribution in [2.45, 2.75) is 25.6 Å². The quantitative estimate of drug-likeness (QED) is 0.803. The van der Waals surface area contributed by atoms with Crippen LogP contribution in [0.25, 0.3) is 0 Å². The van der Waals surface area contributed by atoms with Crippen LogP contribution in [0.15, 0.2) is 24.3 Å². The Kier molecular flexibility index (Phi) is 4.87. The maximum atomic E-state index is 9.21. The number of morpholine rings is 1. The summed E-state index contributed by atoms with van der Waals surface area (Å²) in [6.07, 6.45) is -0.104. The van der Waals surface area contributed by atoms with Gasteiger partial charge in [-0.2, -0.15) is 0 Å². The summed E-state index contributed by atoms with van der Waals surface area (Å²) < 4.78 is 5.54. The Balaban J connectivity index is 2.13. The third-order valence-corrected chi connectivity index (χ3v) is 3.71. The second-order valence-corrected chi connectivity index (χ2v) is 5.38. The number of ether oxygens (including phenoxy) is 1. The van der Waals surface area contributed by atoms with Gasteiger partial charge in [0.05, 0.1) is 19.3 Å². The molecule has 0 bridgehead atoms. The summed E-state index contributed by atoms with van der Waals surface area (Å²) >= 11 is 5.09. The van der Waals surface area contributed by atoms with E-state index in [9.17, 15) is 5.11 Å². The predicted octanol–water partition coefficient (Wildman–Crippen LogP) is 0.902. The minimum Gasteiger partial charge on any atom is -0.394 e. The Morgan fingerprint density at radius 1 is 1.53 bits per heavy atom. The molecule has 19 heavy (non-hydrogen) atoms. The fourth-order valence-electron chi connectivity index (χ4n) is 2.32. The van der Waals surface area contributed by atoms with Gasteiger partial charge in [0.1, 0.15) is 4.99 Å². The zero-order chi connectivity index (χ0) is 13.8. The Bertz CT molecular complexity index is 453. The van der Waals surface area contributed by atoms with Crippen LogP contribution in [0.4, 0.5) is 0 Å². The van der Waals surface area contributed by atoms with Crippen LogP contribution in [0, 0.1) is 0 Å². The second kappa shape index (κ2) is 6.43. The second-order valence-electron chi connectivity index (χ2n) is 4.94. The van der Waals surface area contributed by atoms with Crippen molar-refractivity contribution in [2.24, 2.45) is 5.73 Å². The molecule has 104 valence electrons. The minimum atomic E-state index is -0.104. The molecule has 2 unspecified atom stereocenters. The number of aliphatic hydroxyl groups is 1. The molecule has 1 saturated heterocycles. The molecule has 2 rings (SSSR count). The van der Waals surface area contributed by atoms with E-state index in [0.29, 0.717) is 17.6 Å². The number of benzene rings is 1. The van der Waals surface area contributed by atoms with Gasteiger partial charge in [-0.3, -0.25) is 4.90 Å². The number of thiocarbonyl (C=S) groups is 1. The van der Waals surface area contributed by atoms with Crippen molar-refractivity contribution in [3.63, 3.8) is 0 Å². The average Bonchev–Trinajstić information content (AvgIpc) is 2.41. The molecule has 1 heterocycles. The van der Waals surface area contributed by atoms with Crippen LogP contribution in [-0.4, -0.2) is 46.9 Å². The highest BCUT2D eigenvalue weighted by Gasteiger charge is 2.26. The van der Waals surface area contributed by atoms with E-state index in [2.05, 4.69) is 11.8 Å². The van der Waals surface area contributed by atoms with E-state index in [1.165, 1.54) is 0 Å². The van der Waals surface area contributed by atoms with Crippen molar-refractivity contribution in [3.8, 4) is 0 Å². The van der Waals surface area contributed by atoms with Gasteiger partial charge in [0.2, 0.25) is 0 Å². The summed E-state index contributed by atoms with van der Waals surface area (Å²) in [4.78, 5) is 2.72. The molecule has 4 nitrogen and oxygen atoms in total. The SMILES string of the molecule is CC1COC(CO)CN1Cc1ccccc1C(N)=S. The van der Waals surface area contributed by atoms with Gasteiger partial charge in [-0.05, 0) is 12.5 Å². The lowest BCUT2D eigenvalue weighted by molar-refractivity contribution is -0.0805. The molecule has 0 amide bonds. The van der Waals surface area contributed by atoms with E-state index in [4.69, 9.17) is 22.7 Å². The zero-order valence-electron chi connectivity index (χ0n) is 11.1. The number of hydrogen-bond acceptors (Lipinski definition) is 4. The van der Waals surface area contributed by atoms with E-state index < -0.39 is 0 Å². The van der Waals surface area contributed by atoms with Crippen LogP contribution in [0.5, 0.6) is 0 Å². The summed E-state index contributed by atoms with van der Waals surface area (Å²) in [5.74, 6) is 0. The molecular weight excluding hydrogens is 260 g/mol. The number of nitrogens with two attached hydrogens (primary N) is 1. The third-order valence-electron chi connectivity index (χ3n) is 3.49. The van der Waals surface area contributed by atoms with E-state index in [-0.39, 0.29) is 12.7 Å². The Morgan fingerprint density at radius 2 is 2.26 bits per heavy atom. The van der Waals surface area contributed by atoms with Gasteiger partial charge in [-0.15, -0.1) is 0 Å². The maximum Gasteiger partial charge on any atom is 0.104 e. The topological polar surface area (TPSA) is 58.7 Å². The monoisotopic (exact) mass is 280 g/mol. The van der Waals surface area contributed by atoms with E-state index in [1.54, 1.807) is 0 Å². The van der Waals surface area contributed by atoms with Crippen LogP contribution in [0.3, 0.4) is 0 Å². The van der Waals surface area contributed by atoms with Gasteiger partial charge in [-0.25, -0.2) is 0 Å². The van der Waals surface area contributed by atoms with Gasteiger partial charge in [0.25, 0.3) is 0 Å². The van der Waals surface area contributed by atoms with E-state index in [0.717, 1.165) is 24.2 Å². The van der Waals surface area contributed by atoms with Crippen molar-refractivity contribution in [1.82, 2.24) is 4.90 Å². The molecule has 1 aromatic rings. The third kappa shape index (κ3) is 3.51. The molecule has 0 saturated carbocycles. The number of nitrogens with zero attached hydrogens (tertiary/aromatic N) is 1. The summed E-state index contributed by atoms with van der Waals surface area (Å²) in [7, 11) is 0. The van der Waals surface area contributed by atoms with Crippen molar-refractivity contribution >= 4 is 17.2 Å². The number of hydrogen-bond donors (Lipinski definition) is 2. The first-order valence-electron chi connectivity index (χ1n) is 6.46. The summed E-state index contributed by atoms with van der Waals surface area (Å²) in [6.45, 7) is 4.31. The van der Waals surface area contributed by atoms with Crippen LogP contribution < -0.4 is 5.73 Å². The first-order chi connectivity index (χ1) is 9.11. The van der Waals surface area contributed by atoms with Crippen molar-refractivity contribution in [2.75, 3.05) is 19.8 Å². The van der Waals surface area contributed by atoms with Crippen molar-refractivity contribution in [3.05, 3.63) is 35.4 Å². The Morgan fingerprint density at radius 3 is 2.95 bits per heavy atom.